The summed E-state index contributed by atoms with van der Waals surface area (Å²) in [6.45, 7) is 3.71. The molecule has 0 aliphatic heterocycles. The summed E-state index contributed by atoms with van der Waals surface area (Å²) in [4.78, 5) is 0. The predicted octanol–water partition coefficient (Wildman–Crippen LogP) is 1.35. The number of nitrogens with zero attached hydrogens (tertiary/aromatic N) is 1. The van der Waals surface area contributed by atoms with Gasteiger partial charge in [0, 0.05) is 12.5 Å². The van der Waals surface area contributed by atoms with Gasteiger partial charge in [0.2, 0.25) is 10.0 Å². The first-order chi connectivity index (χ1) is 7.70. The first-order valence-corrected chi connectivity index (χ1v) is 7.19. The van der Waals surface area contributed by atoms with Crippen molar-refractivity contribution in [1.29, 1.82) is 0 Å². The van der Waals surface area contributed by atoms with Gasteiger partial charge in [0.1, 0.15) is 0 Å². The van der Waals surface area contributed by atoms with Gasteiger partial charge in [-0.2, -0.15) is 0 Å². The number of aliphatic hydroxyl groups excluding tert-OH is 1. The van der Waals surface area contributed by atoms with Crippen LogP contribution < -0.4 is 4.31 Å². The van der Waals surface area contributed by atoms with Gasteiger partial charge in [-0.3, -0.25) is 4.31 Å². The first-order valence-electron chi connectivity index (χ1n) is 5.34. The fourth-order valence-corrected chi connectivity index (χ4v) is 2.10. The molecule has 1 N–H and O–H groups in total. The van der Waals surface area contributed by atoms with Crippen LogP contribution in [0.4, 0.5) is 5.69 Å². The molecule has 1 rings (SSSR count). The summed E-state index contributed by atoms with van der Waals surface area (Å²) in [5, 5.41) is 9.39. The second-order valence-corrected chi connectivity index (χ2v) is 6.80. The minimum absolute atomic E-state index is 0.0401. The molecule has 17 heavy (non-hydrogen) atoms. The van der Waals surface area contributed by atoms with Crippen LogP contribution in [0.3, 0.4) is 0 Å². The highest BCUT2D eigenvalue weighted by molar-refractivity contribution is 7.92. The highest BCUT2D eigenvalue weighted by Crippen LogP contribution is 2.32. The van der Waals surface area contributed by atoms with Gasteiger partial charge in [-0.15, -0.1) is 0 Å². The lowest BCUT2D eigenvalue weighted by Gasteiger charge is -2.29. The summed E-state index contributed by atoms with van der Waals surface area (Å²) in [5.41, 5.74) is 0.944. The van der Waals surface area contributed by atoms with E-state index in [9.17, 15) is 13.5 Å². The normalized spacial score (nSPS) is 12.5. The number of aliphatic hydroxyl groups is 1. The minimum atomic E-state index is -3.30. The molecular formula is C12H19NO3S. The van der Waals surface area contributed by atoms with Crippen molar-refractivity contribution in [3.63, 3.8) is 0 Å². The van der Waals surface area contributed by atoms with E-state index in [1.807, 2.05) is 26.0 Å². The van der Waals surface area contributed by atoms with Crippen molar-refractivity contribution in [2.75, 3.05) is 24.2 Å². The predicted molar refractivity (Wildman–Crippen MR) is 69.8 cm³/mol. The zero-order valence-corrected chi connectivity index (χ0v) is 11.5. The third-order valence-corrected chi connectivity index (χ3v) is 4.06. The Balaban J connectivity index is 3.36. The van der Waals surface area contributed by atoms with Crippen LogP contribution in [0.5, 0.6) is 0 Å². The Labute approximate surface area is 103 Å². The largest absolute Gasteiger partial charge is 0.395 e. The Bertz CT molecular complexity index is 494. The standard InChI is InChI=1S/C12H19NO3S/c1-12(2,9-14)10-7-5-6-8-11(10)13(3)17(4,15)16/h5-8,14H,9H2,1-4H3. The van der Waals surface area contributed by atoms with Crippen molar-refractivity contribution in [2.45, 2.75) is 19.3 Å². The van der Waals surface area contributed by atoms with Crippen LogP contribution in [0.2, 0.25) is 0 Å². The molecule has 5 heteroatoms. The lowest BCUT2D eigenvalue weighted by Crippen LogP contribution is -2.30. The van der Waals surface area contributed by atoms with E-state index in [0.717, 1.165) is 11.8 Å². The topological polar surface area (TPSA) is 57.6 Å². The summed E-state index contributed by atoms with van der Waals surface area (Å²) in [6, 6.07) is 7.21. The van der Waals surface area contributed by atoms with Crippen molar-refractivity contribution in [2.24, 2.45) is 0 Å². The fraction of sp³-hybridized carbons (Fsp3) is 0.500. The Hall–Kier alpha value is -1.07. The third kappa shape index (κ3) is 2.98. The summed E-state index contributed by atoms with van der Waals surface area (Å²) in [7, 11) is -1.78. The third-order valence-electron chi connectivity index (χ3n) is 2.87. The maximum absolute atomic E-state index is 11.6. The van der Waals surface area contributed by atoms with Crippen LogP contribution in [-0.4, -0.2) is 33.4 Å². The quantitative estimate of drug-likeness (QED) is 0.886. The summed E-state index contributed by atoms with van der Waals surface area (Å²) >= 11 is 0. The molecule has 1 aromatic rings. The molecular weight excluding hydrogens is 238 g/mol. The summed E-state index contributed by atoms with van der Waals surface area (Å²) < 4.78 is 24.4. The van der Waals surface area contributed by atoms with Crippen molar-refractivity contribution < 1.29 is 13.5 Å². The van der Waals surface area contributed by atoms with E-state index in [-0.39, 0.29) is 6.61 Å². The zero-order chi connectivity index (χ0) is 13.3. The molecule has 0 unspecified atom stereocenters. The van der Waals surface area contributed by atoms with Gasteiger partial charge in [-0.25, -0.2) is 8.42 Å². The van der Waals surface area contributed by atoms with Crippen LogP contribution in [0, 0.1) is 0 Å². The van der Waals surface area contributed by atoms with Gasteiger partial charge in [-0.05, 0) is 11.6 Å². The molecule has 0 atom stereocenters. The van der Waals surface area contributed by atoms with Gasteiger partial charge in [0.05, 0.1) is 18.6 Å². The molecule has 0 aromatic heterocycles. The molecule has 0 aliphatic rings. The summed E-state index contributed by atoms with van der Waals surface area (Å²) in [6.07, 6.45) is 1.16. The number of hydrogen-bond acceptors (Lipinski definition) is 3. The van der Waals surface area contributed by atoms with Crippen LogP contribution >= 0.6 is 0 Å². The molecule has 0 fully saturated rings. The van der Waals surface area contributed by atoms with Crippen molar-refractivity contribution in [3.05, 3.63) is 29.8 Å². The molecule has 96 valence electrons. The van der Waals surface area contributed by atoms with E-state index in [0.29, 0.717) is 5.69 Å². The number of para-hydroxylation sites is 1. The molecule has 0 radical (unpaired) electrons. The zero-order valence-electron chi connectivity index (χ0n) is 10.6. The molecule has 0 spiro atoms. The Morgan fingerprint density at radius 2 is 1.82 bits per heavy atom. The molecule has 0 saturated heterocycles. The lowest BCUT2D eigenvalue weighted by atomic mass is 9.84. The van der Waals surface area contributed by atoms with E-state index >= 15 is 0 Å². The van der Waals surface area contributed by atoms with Crippen LogP contribution in [0.1, 0.15) is 19.4 Å². The second kappa shape index (κ2) is 4.66. The van der Waals surface area contributed by atoms with Gasteiger partial charge in [0.25, 0.3) is 0 Å². The maximum Gasteiger partial charge on any atom is 0.232 e. The van der Waals surface area contributed by atoms with Crippen LogP contribution in [0.25, 0.3) is 0 Å². The second-order valence-electron chi connectivity index (χ2n) is 4.79. The highest BCUT2D eigenvalue weighted by atomic mass is 32.2. The van der Waals surface area contributed by atoms with Crippen LogP contribution in [-0.2, 0) is 15.4 Å². The molecule has 0 heterocycles. The van der Waals surface area contributed by atoms with E-state index in [1.165, 1.54) is 11.4 Å². The van der Waals surface area contributed by atoms with Gasteiger partial charge >= 0.3 is 0 Å². The SMILES string of the molecule is CN(c1ccccc1C(C)(C)CO)S(C)(=O)=O. The molecule has 0 bridgehead atoms. The van der Waals surface area contributed by atoms with E-state index in [1.54, 1.807) is 12.1 Å². The maximum atomic E-state index is 11.6. The van der Waals surface area contributed by atoms with Crippen molar-refractivity contribution in [1.82, 2.24) is 0 Å². The van der Waals surface area contributed by atoms with E-state index in [4.69, 9.17) is 0 Å². The number of benzene rings is 1. The number of hydrogen-bond donors (Lipinski definition) is 1. The minimum Gasteiger partial charge on any atom is -0.395 e. The lowest BCUT2D eigenvalue weighted by molar-refractivity contribution is 0.219. The van der Waals surface area contributed by atoms with Crippen molar-refractivity contribution >= 4 is 15.7 Å². The molecule has 0 saturated carbocycles. The number of anilines is 1. The summed E-state index contributed by atoms with van der Waals surface area (Å²) in [5.74, 6) is 0. The van der Waals surface area contributed by atoms with E-state index < -0.39 is 15.4 Å². The smallest absolute Gasteiger partial charge is 0.232 e. The van der Waals surface area contributed by atoms with E-state index in [2.05, 4.69) is 0 Å². The molecule has 0 amide bonds. The van der Waals surface area contributed by atoms with Gasteiger partial charge in [0.15, 0.2) is 0 Å². The van der Waals surface area contributed by atoms with Crippen molar-refractivity contribution in [3.8, 4) is 0 Å². The Morgan fingerprint density at radius 3 is 2.29 bits per heavy atom. The van der Waals surface area contributed by atoms with Crippen LogP contribution in [0.15, 0.2) is 24.3 Å². The first kappa shape index (κ1) is 14.0. The average Bonchev–Trinajstić information content (AvgIpc) is 2.27. The average molecular weight is 257 g/mol. The van der Waals surface area contributed by atoms with Gasteiger partial charge < -0.3 is 5.11 Å². The number of rotatable bonds is 4. The Morgan fingerprint density at radius 1 is 1.29 bits per heavy atom. The molecule has 0 aliphatic carbocycles. The number of sulfonamides is 1. The monoisotopic (exact) mass is 257 g/mol. The van der Waals surface area contributed by atoms with Gasteiger partial charge in [-0.1, -0.05) is 32.0 Å². The molecule has 1 aromatic carbocycles. The Kier molecular flexibility index (Phi) is 3.84. The molecule has 4 nitrogen and oxygen atoms in total. The highest BCUT2D eigenvalue weighted by Gasteiger charge is 2.26. The fourth-order valence-electron chi connectivity index (χ4n) is 1.58.